The summed E-state index contributed by atoms with van der Waals surface area (Å²) in [5.74, 6) is 1.71. The quantitative estimate of drug-likeness (QED) is 0.861. The molecule has 2 aromatic rings. The van der Waals surface area contributed by atoms with Gasteiger partial charge in [-0.3, -0.25) is 0 Å². The van der Waals surface area contributed by atoms with Crippen molar-refractivity contribution >= 4 is 13.3 Å². The largest absolute Gasteiger partial charge is 0.489 e. The van der Waals surface area contributed by atoms with E-state index in [-0.39, 0.29) is 12.7 Å². The van der Waals surface area contributed by atoms with Gasteiger partial charge in [0, 0.05) is 6.07 Å². The average molecular weight is 319 g/mol. The Kier molecular flexibility index (Phi) is 5.07. The summed E-state index contributed by atoms with van der Waals surface area (Å²) in [7, 11) is 5.78. The lowest BCUT2D eigenvalue weighted by molar-refractivity contribution is 0.209. The molecule has 3 rings (SSSR count). The molecule has 1 fully saturated rings. The number of nitrogens with zero attached hydrogens (tertiary/aromatic N) is 1. The SMILES string of the molecule is [B]c1ccc(Oc2ccc(C#N)c(OC3CCCC3)c2)cc1CO. The predicted molar refractivity (Wildman–Crippen MR) is 91.9 cm³/mol. The van der Waals surface area contributed by atoms with Crippen LogP contribution in [0.15, 0.2) is 36.4 Å². The highest BCUT2D eigenvalue weighted by Crippen LogP contribution is 2.31. The van der Waals surface area contributed by atoms with Gasteiger partial charge in [0.15, 0.2) is 0 Å². The Labute approximate surface area is 143 Å². The van der Waals surface area contributed by atoms with Crippen LogP contribution >= 0.6 is 0 Å². The monoisotopic (exact) mass is 319 g/mol. The predicted octanol–water partition coefficient (Wildman–Crippen LogP) is 2.96. The highest BCUT2D eigenvalue weighted by molar-refractivity contribution is 6.33. The molecule has 0 amide bonds. The van der Waals surface area contributed by atoms with Crippen LogP contribution in [0.1, 0.15) is 36.8 Å². The Balaban J connectivity index is 1.82. The van der Waals surface area contributed by atoms with Crippen molar-refractivity contribution in [2.45, 2.75) is 38.4 Å². The molecule has 120 valence electrons. The third kappa shape index (κ3) is 3.72. The van der Waals surface area contributed by atoms with E-state index in [1.807, 2.05) is 0 Å². The number of hydrogen-bond donors (Lipinski definition) is 1. The molecule has 0 atom stereocenters. The van der Waals surface area contributed by atoms with Crippen LogP contribution < -0.4 is 14.9 Å². The van der Waals surface area contributed by atoms with Crippen molar-refractivity contribution in [3.8, 4) is 23.3 Å². The van der Waals surface area contributed by atoms with Gasteiger partial charge in [0.25, 0.3) is 0 Å². The smallest absolute Gasteiger partial charge is 0.141 e. The molecule has 0 saturated heterocycles. The first-order valence-corrected chi connectivity index (χ1v) is 8.07. The van der Waals surface area contributed by atoms with Crippen LogP contribution in [-0.2, 0) is 6.61 Å². The maximum Gasteiger partial charge on any atom is 0.141 e. The van der Waals surface area contributed by atoms with Gasteiger partial charge in [0.2, 0.25) is 0 Å². The maximum absolute atomic E-state index is 9.29. The van der Waals surface area contributed by atoms with Gasteiger partial charge in [0.05, 0.1) is 18.3 Å². The summed E-state index contributed by atoms with van der Waals surface area (Å²) >= 11 is 0. The topological polar surface area (TPSA) is 62.5 Å². The highest BCUT2D eigenvalue weighted by atomic mass is 16.5. The second-order valence-corrected chi connectivity index (χ2v) is 5.91. The van der Waals surface area contributed by atoms with Crippen molar-refractivity contribution in [2.24, 2.45) is 0 Å². The zero-order chi connectivity index (χ0) is 16.9. The van der Waals surface area contributed by atoms with Crippen LogP contribution in [0.25, 0.3) is 0 Å². The summed E-state index contributed by atoms with van der Waals surface area (Å²) in [6, 6.07) is 12.5. The lowest BCUT2D eigenvalue weighted by Gasteiger charge is -2.16. The van der Waals surface area contributed by atoms with Crippen molar-refractivity contribution in [3.05, 3.63) is 47.5 Å². The van der Waals surface area contributed by atoms with Crippen LogP contribution in [0, 0.1) is 11.3 Å². The van der Waals surface area contributed by atoms with Gasteiger partial charge >= 0.3 is 0 Å². The molecule has 5 heteroatoms. The maximum atomic E-state index is 9.29. The Hall–Kier alpha value is -2.45. The Morgan fingerprint density at radius 1 is 1.12 bits per heavy atom. The molecule has 0 aliphatic heterocycles. The number of aliphatic hydroxyl groups is 1. The van der Waals surface area contributed by atoms with Gasteiger partial charge in [-0.25, -0.2) is 0 Å². The van der Waals surface area contributed by atoms with Gasteiger partial charge < -0.3 is 14.6 Å². The first-order valence-electron chi connectivity index (χ1n) is 8.07. The fourth-order valence-electron chi connectivity index (χ4n) is 2.86. The fraction of sp³-hybridized carbons (Fsp3) is 0.316. The van der Waals surface area contributed by atoms with Crippen LogP contribution in [0.2, 0.25) is 0 Å². The van der Waals surface area contributed by atoms with E-state index in [1.54, 1.807) is 36.4 Å². The summed E-state index contributed by atoms with van der Waals surface area (Å²) in [4.78, 5) is 0. The minimum atomic E-state index is -0.146. The van der Waals surface area contributed by atoms with Gasteiger partial charge in [0.1, 0.15) is 31.2 Å². The van der Waals surface area contributed by atoms with E-state index < -0.39 is 0 Å². The second-order valence-electron chi connectivity index (χ2n) is 5.91. The molecule has 0 aromatic heterocycles. The van der Waals surface area contributed by atoms with Crippen molar-refractivity contribution in [1.29, 1.82) is 5.26 Å². The normalized spacial score (nSPS) is 14.3. The minimum absolute atomic E-state index is 0.146. The zero-order valence-corrected chi connectivity index (χ0v) is 13.4. The molecule has 0 heterocycles. The van der Waals surface area contributed by atoms with Gasteiger partial charge in [-0.1, -0.05) is 11.5 Å². The summed E-state index contributed by atoms with van der Waals surface area (Å²) in [6.45, 7) is -0.146. The summed E-state index contributed by atoms with van der Waals surface area (Å²) < 4.78 is 11.8. The fourth-order valence-corrected chi connectivity index (χ4v) is 2.86. The molecule has 1 aliphatic rings. The minimum Gasteiger partial charge on any atom is -0.489 e. The van der Waals surface area contributed by atoms with Crippen molar-refractivity contribution in [2.75, 3.05) is 0 Å². The molecule has 2 radical (unpaired) electrons. The molecule has 1 N–H and O–H groups in total. The molecule has 2 aromatic carbocycles. The third-order valence-electron chi connectivity index (χ3n) is 4.19. The summed E-state index contributed by atoms with van der Waals surface area (Å²) in [6.07, 6.45) is 4.54. The lowest BCUT2D eigenvalue weighted by atomic mass is 9.91. The molecule has 0 spiro atoms. The lowest BCUT2D eigenvalue weighted by Crippen LogP contribution is -2.12. The van der Waals surface area contributed by atoms with Crippen molar-refractivity contribution < 1.29 is 14.6 Å². The zero-order valence-electron chi connectivity index (χ0n) is 13.4. The van der Waals surface area contributed by atoms with E-state index in [1.165, 1.54) is 0 Å². The van der Waals surface area contributed by atoms with Crippen LogP contribution in [-0.4, -0.2) is 19.1 Å². The van der Waals surface area contributed by atoms with E-state index in [0.717, 1.165) is 25.7 Å². The standard InChI is InChI=1S/C19H18BNO3/c20-18-8-7-16(9-14(18)12-22)23-17-6-5-13(11-21)19(10-17)24-15-3-1-2-4-15/h5-10,15,22H,1-4,12H2. The Morgan fingerprint density at radius 2 is 1.83 bits per heavy atom. The van der Waals surface area contributed by atoms with E-state index in [9.17, 15) is 10.4 Å². The molecular weight excluding hydrogens is 301 g/mol. The number of aliphatic hydroxyl groups excluding tert-OH is 1. The molecule has 1 aliphatic carbocycles. The molecule has 0 unspecified atom stereocenters. The van der Waals surface area contributed by atoms with E-state index in [2.05, 4.69) is 6.07 Å². The number of nitriles is 1. The molecule has 24 heavy (non-hydrogen) atoms. The van der Waals surface area contributed by atoms with Crippen LogP contribution in [0.3, 0.4) is 0 Å². The molecular formula is C19H18BNO3. The van der Waals surface area contributed by atoms with E-state index >= 15 is 0 Å². The number of ether oxygens (including phenoxy) is 2. The first-order chi connectivity index (χ1) is 11.7. The molecule has 1 saturated carbocycles. The summed E-state index contributed by atoms with van der Waals surface area (Å²) in [5.41, 5.74) is 1.64. The highest BCUT2D eigenvalue weighted by Gasteiger charge is 2.18. The van der Waals surface area contributed by atoms with Crippen LogP contribution in [0.5, 0.6) is 17.2 Å². The van der Waals surface area contributed by atoms with Crippen LogP contribution in [0.4, 0.5) is 0 Å². The number of rotatable bonds is 5. The first kappa shape index (κ1) is 16.4. The van der Waals surface area contributed by atoms with Crippen molar-refractivity contribution in [1.82, 2.24) is 0 Å². The van der Waals surface area contributed by atoms with Gasteiger partial charge in [-0.05, 0) is 55.5 Å². The number of benzene rings is 2. The van der Waals surface area contributed by atoms with Crippen molar-refractivity contribution in [3.63, 3.8) is 0 Å². The Morgan fingerprint density at radius 3 is 2.54 bits per heavy atom. The Bertz CT molecular complexity index is 764. The average Bonchev–Trinajstić information content (AvgIpc) is 3.10. The van der Waals surface area contributed by atoms with Gasteiger partial charge in [-0.2, -0.15) is 5.26 Å². The third-order valence-corrected chi connectivity index (χ3v) is 4.19. The summed E-state index contributed by atoms with van der Waals surface area (Å²) in [5, 5.41) is 18.5. The molecule has 4 nitrogen and oxygen atoms in total. The second kappa shape index (κ2) is 7.42. The van der Waals surface area contributed by atoms with E-state index in [4.69, 9.17) is 17.3 Å². The van der Waals surface area contributed by atoms with Gasteiger partial charge in [-0.15, -0.1) is 0 Å². The van der Waals surface area contributed by atoms with E-state index in [0.29, 0.717) is 33.8 Å². The molecule has 0 bridgehead atoms. The number of hydrogen-bond acceptors (Lipinski definition) is 4.